The van der Waals surface area contributed by atoms with Crippen molar-refractivity contribution in [2.24, 2.45) is 7.05 Å². The molecule has 1 atom stereocenters. The lowest BCUT2D eigenvalue weighted by Crippen LogP contribution is -2.50. The molecule has 13 nitrogen and oxygen atoms in total. The minimum Gasteiger partial charge on any atom is -0.368 e. The van der Waals surface area contributed by atoms with Gasteiger partial charge in [-0.25, -0.2) is 24.0 Å². The van der Waals surface area contributed by atoms with Crippen molar-refractivity contribution in [3.05, 3.63) is 65.9 Å². The van der Waals surface area contributed by atoms with E-state index in [9.17, 15) is 9.18 Å². The van der Waals surface area contributed by atoms with Gasteiger partial charge in [0.2, 0.25) is 0 Å². The Labute approximate surface area is 240 Å². The lowest BCUT2D eigenvalue weighted by molar-refractivity contribution is -0.148. The van der Waals surface area contributed by atoms with Crippen LogP contribution in [-0.2, 0) is 16.6 Å². The number of halogens is 1. The van der Waals surface area contributed by atoms with Gasteiger partial charge >= 0.3 is 0 Å². The number of hydrogen-bond acceptors (Lipinski definition) is 9. The third kappa shape index (κ3) is 5.20. The van der Waals surface area contributed by atoms with E-state index in [1.807, 2.05) is 33.0 Å². The molecule has 0 unspecified atom stereocenters. The van der Waals surface area contributed by atoms with E-state index >= 15 is 0 Å². The molecule has 0 spiro atoms. The van der Waals surface area contributed by atoms with Gasteiger partial charge in [0, 0.05) is 38.0 Å². The zero-order valence-electron chi connectivity index (χ0n) is 23.8. The Morgan fingerprint density at radius 2 is 2.00 bits per heavy atom. The number of carbonyl (C=O) groups excluding carboxylic acids is 1. The second-order valence-corrected chi connectivity index (χ2v) is 10.7. The molecule has 3 N–H and O–H groups in total. The van der Waals surface area contributed by atoms with Crippen molar-refractivity contribution in [3.63, 3.8) is 0 Å². The molecule has 1 saturated carbocycles. The summed E-state index contributed by atoms with van der Waals surface area (Å²) in [6.07, 6.45) is 8.15. The molecule has 0 saturated heterocycles. The van der Waals surface area contributed by atoms with Gasteiger partial charge < -0.3 is 15.4 Å². The zero-order valence-corrected chi connectivity index (χ0v) is 23.8. The fourth-order valence-electron chi connectivity index (χ4n) is 5.41. The Morgan fingerprint density at radius 3 is 2.64 bits per heavy atom. The first-order chi connectivity index (χ1) is 20.2. The third-order valence-electron chi connectivity index (χ3n) is 7.93. The number of aromatic nitrogens is 9. The van der Waals surface area contributed by atoms with Crippen LogP contribution in [-0.4, -0.2) is 63.3 Å². The van der Waals surface area contributed by atoms with Crippen molar-refractivity contribution in [2.75, 3.05) is 12.4 Å². The number of aryl methyl sites for hydroxylation is 2. The van der Waals surface area contributed by atoms with Crippen LogP contribution in [0.15, 0.2) is 43.0 Å². The highest BCUT2D eigenvalue weighted by Gasteiger charge is 2.43. The molecule has 5 heterocycles. The van der Waals surface area contributed by atoms with E-state index in [1.165, 1.54) is 10.9 Å². The van der Waals surface area contributed by atoms with E-state index in [4.69, 9.17) is 14.7 Å². The summed E-state index contributed by atoms with van der Waals surface area (Å²) in [4.78, 5) is 27.6. The van der Waals surface area contributed by atoms with Crippen molar-refractivity contribution < 1.29 is 13.9 Å². The van der Waals surface area contributed by atoms with Gasteiger partial charge in [-0.1, -0.05) is 6.07 Å². The number of nitrogens with one attached hydrogen (secondary N) is 3. The Morgan fingerprint density at radius 1 is 1.19 bits per heavy atom. The second-order valence-electron chi connectivity index (χ2n) is 10.7. The number of aromatic amines is 1. The fraction of sp³-hybridized carbons (Fsp3) is 0.393. The Kier molecular flexibility index (Phi) is 7.14. The predicted octanol–water partition coefficient (Wildman–Crippen LogP) is 3.78. The summed E-state index contributed by atoms with van der Waals surface area (Å²) in [6, 6.07) is 5.16. The number of fused-ring (bicyclic) bond motifs is 1. The molecule has 1 aliphatic rings. The fourth-order valence-corrected chi connectivity index (χ4v) is 5.41. The number of rotatable bonds is 8. The minimum atomic E-state index is -0.963. The highest BCUT2D eigenvalue weighted by molar-refractivity contribution is 5.88. The summed E-state index contributed by atoms with van der Waals surface area (Å²) in [5.74, 6) is 1.92. The van der Waals surface area contributed by atoms with Crippen LogP contribution in [0.3, 0.4) is 0 Å². The molecule has 5 aromatic heterocycles. The summed E-state index contributed by atoms with van der Waals surface area (Å²) < 4.78 is 22.3. The number of hydrogen-bond donors (Lipinski definition) is 3. The van der Waals surface area contributed by atoms with Crippen LogP contribution in [0.4, 0.5) is 16.0 Å². The van der Waals surface area contributed by atoms with Crippen LogP contribution in [0.25, 0.3) is 16.9 Å². The Bertz CT molecular complexity index is 1720. The van der Waals surface area contributed by atoms with E-state index in [0.717, 1.165) is 28.5 Å². The Hall–Kier alpha value is -4.72. The molecule has 0 aliphatic heterocycles. The van der Waals surface area contributed by atoms with Gasteiger partial charge in [0.15, 0.2) is 23.1 Å². The Balaban J connectivity index is 1.15. The molecule has 1 fully saturated rings. The smallest absolute Gasteiger partial charge is 0.252 e. The van der Waals surface area contributed by atoms with Crippen molar-refractivity contribution in [1.82, 2.24) is 50.0 Å². The number of amides is 1. The van der Waals surface area contributed by atoms with Crippen LogP contribution in [0.2, 0.25) is 0 Å². The molecule has 0 bridgehead atoms. The molecule has 42 heavy (non-hydrogen) atoms. The summed E-state index contributed by atoms with van der Waals surface area (Å²) in [6.45, 7) is 3.83. The lowest BCUT2D eigenvalue weighted by atomic mass is 9.77. The first kappa shape index (κ1) is 27.4. The average Bonchev–Trinajstić information content (AvgIpc) is 3.73. The van der Waals surface area contributed by atoms with Crippen LogP contribution < -0.4 is 10.6 Å². The molecule has 0 radical (unpaired) electrons. The number of carbonyl (C=O) groups is 1. The van der Waals surface area contributed by atoms with Crippen molar-refractivity contribution in [1.29, 1.82) is 0 Å². The van der Waals surface area contributed by atoms with Gasteiger partial charge in [-0.05, 0) is 51.2 Å². The highest BCUT2D eigenvalue weighted by atomic mass is 19.1. The summed E-state index contributed by atoms with van der Waals surface area (Å²) in [5.41, 5.74) is 1.51. The van der Waals surface area contributed by atoms with E-state index in [-0.39, 0.29) is 17.9 Å². The molecule has 0 aromatic carbocycles. The van der Waals surface area contributed by atoms with Crippen LogP contribution in [0.5, 0.6) is 0 Å². The maximum absolute atomic E-state index is 13.5. The monoisotopic (exact) mass is 573 g/mol. The maximum atomic E-state index is 13.5. The van der Waals surface area contributed by atoms with Crippen molar-refractivity contribution >= 4 is 28.6 Å². The second kappa shape index (κ2) is 10.9. The first-order valence-electron chi connectivity index (χ1n) is 13.8. The molecule has 14 heteroatoms. The summed E-state index contributed by atoms with van der Waals surface area (Å²) in [5, 5.41) is 22.7. The van der Waals surface area contributed by atoms with Gasteiger partial charge in [0.25, 0.3) is 5.91 Å². The van der Waals surface area contributed by atoms with Gasteiger partial charge in [0.1, 0.15) is 17.2 Å². The third-order valence-corrected chi connectivity index (χ3v) is 7.93. The molecule has 1 amide bonds. The molecule has 218 valence electrons. The quantitative estimate of drug-likeness (QED) is 0.252. The molecule has 1 aliphatic carbocycles. The normalized spacial score (nSPS) is 19.6. The van der Waals surface area contributed by atoms with E-state index in [1.54, 1.807) is 30.3 Å². The predicted molar refractivity (Wildman–Crippen MR) is 152 cm³/mol. The number of pyridine rings is 1. The highest BCUT2D eigenvalue weighted by Crippen LogP contribution is 2.40. The van der Waals surface area contributed by atoms with E-state index in [0.29, 0.717) is 49.0 Å². The number of methoxy groups -OCH3 is 1. The first-order valence-corrected chi connectivity index (χ1v) is 13.8. The molecule has 6 rings (SSSR count). The SMILES string of the molecule is CO[C@]1(C(=O)N[C@@H](C)c2ccc(-n3cc(F)cn3)nc2)CC[C@H](c2nc(Nc3cc(C)[nH]n3)c3cnn(C)c3n2)CC1. The standard InChI is InChI=1S/C28H32FN11O2/c1-16-11-22(38-37-16)34-25-21-14-31-39(3)26(21)36-24(35-25)18-7-9-28(42-4,10-8-18)27(41)33-17(2)19-5-6-23(30-12-19)40-15-20(29)13-32-40/h5-6,11-15,17-18H,7-10H2,1-4H3,(H,33,41)(H2,34,35,36,37,38)/t17-,18-,28+/m0/s1. The number of ether oxygens (including phenoxy) is 1. The number of anilines is 2. The van der Waals surface area contributed by atoms with E-state index < -0.39 is 11.4 Å². The topological polar surface area (TPSA) is 153 Å². The van der Waals surface area contributed by atoms with Gasteiger partial charge in [-0.3, -0.25) is 14.6 Å². The number of H-pyrrole nitrogens is 1. The van der Waals surface area contributed by atoms with Gasteiger partial charge in [-0.15, -0.1) is 0 Å². The lowest BCUT2D eigenvalue weighted by Gasteiger charge is -2.38. The van der Waals surface area contributed by atoms with Crippen LogP contribution in [0.1, 0.15) is 61.6 Å². The van der Waals surface area contributed by atoms with Crippen LogP contribution in [0, 0.1) is 12.7 Å². The summed E-state index contributed by atoms with van der Waals surface area (Å²) >= 11 is 0. The molecular formula is C28H32FN11O2. The van der Waals surface area contributed by atoms with Crippen LogP contribution >= 0.6 is 0 Å². The van der Waals surface area contributed by atoms with Crippen molar-refractivity contribution in [2.45, 2.75) is 57.1 Å². The van der Waals surface area contributed by atoms with Gasteiger partial charge in [0.05, 0.1) is 30.0 Å². The van der Waals surface area contributed by atoms with Gasteiger partial charge in [-0.2, -0.15) is 15.3 Å². The van der Waals surface area contributed by atoms with E-state index in [2.05, 4.69) is 36.0 Å². The largest absolute Gasteiger partial charge is 0.368 e. The average molecular weight is 574 g/mol. The number of nitrogens with zero attached hydrogens (tertiary/aromatic N) is 8. The molecule has 5 aromatic rings. The maximum Gasteiger partial charge on any atom is 0.252 e. The molecular weight excluding hydrogens is 541 g/mol. The minimum absolute atomic E-state index is 0.0446. The summed E-state index contributed by atoms with van der Waals surface area (Å²) in [7, 11) is 3.43. The zero-order chi connectivity index (χ0) is 29.4. The van der Waals surface area contributed by atoms with Crippen molar-refractivity contribution in [3.8, 4) is 5.82 Å².